The van der Waals surface area contributed by atoms with Crippen LogP contribution in [0.15, 0.2) is 0 Å². The molecule has 0 radical (unpaired) electrons. The third-order valence-electron chi connectivity index (χ3n) is 5.42. The zero-order valence-corrected chi connectivity index (χ0v) is 13.6. The van der Waals surface area contributed by atoms with E-state index in [1.807, 2.05) is 13.8 Å². The fourth-order valence-electron chi connectivity index (χ4n) is 3.73. The minimum atomic E-state index is -3.31. The van der Waals surface area contributed by atoms with Gasteiger partial charge in [-0.05, 0) is 52.0 Å². The SMILES string of the molecule is C[C@H](C1CC1)N(C)S(=O)(=O)N1C[C@H]2CCCN2C[C@H]1C. The molecule has 20 heavy (non-hydrogen) atoms. The summed E-state index contributed by atoms with van der Waals surface area (Å²) < 4.78 is 29.1. The van der Waals surface area contributed by atoms with E-state index >= 15 is 0 Å². The van der Waals surface area contributed by atoms with Gasteiger partial charge in [-0.25, -0.2) is 0 Å². The summed E-state index contributed by atoms with van der Waals surface area (Å²) in [6.07, 6.45) is 4.69. The Hall–Kier alpha value is -0.170. The molecule has 1 saturated carbocycles. The summed E-state index contributed by atoms with van der Waals surface area (Å²) in [5, 5.41) is 0. The Labute approximate surface area is 123 Å². The normalized spacial score (nSPS) is 34.4. The molecule has 0 aromatic rings. The van der Waals surface area contributed by atoms with Crippen molar-refractivity contribution in [3.63, 3.8) is 0 Å². The van der Waals surface area contributed by atoms with Crippen LogP contribution in [0, 0.1) is 5.92 Å². The molecule has 3 rings (SSSR count). The van der Waals surface area contributed by atoms with Crippen LogP contribution < -0.4 is 0 Å². The molecule has 3 atom stereocenters. The van der Waals surface area contributed by atoms with E-state index < -0.39 is 10.2 Å². The minimum Gasteiger partial charge on any atom is -0.297 e. The fourth-order valence-corrected chi connectivity index (χ4v) is 5.54. The molecule has 0 aromatic carbocycles. The first-order chi connectivity index (χ1) is 9.41. The standard InChI is InChI=1S/C14H27N3O2S/c1-11-9-16-8-4-5-14(16)10-17(11)20(18,19)15(3)12(2)13-6-7-13/h11-14H,4-10H2,1-3H3/t11-,12-,14-/m1/s1. The topological polar surface area (TPSA) is 43.9 Å². The molecule has 2 aliphatic heterocycles. The molecule has 5 nitrogen and oxygen atoms in total. The number of hydrogen-bond acceptors (Lipinski definition) is 3. The second kappa shape index (κ2) is 5.23. The number of piperazine rings is 1. The Kier molecular flexibility index (Phi) is 3.86. The molecule has 0 N–H and O–H groups in total. The maximum Gasteiger partial charge on any atom is 0.282 e. The van der Waals surface area contributed by atoms with Gasteiger partial charge in [-0.3, -0.25) is 4.90 Å². The van der Waals surface area contributed by atoms with Crippen molar-refractivity contribution in [2.75, 3.05) is 26.7 Å². The van der Waals surface area contributed by atoms with Gasteiger partial charge < -0.3 is 0 Å². The van der Waals surface area contributed by atoms with Crippen LogP contribution in [0.2, 0.25) is 0 Å². The van der Waals surface area contributed by atoms with E-state index in [0.29, 0.717) is 18.5 Å². The Morgan fingerprint density at radius 1 is 1.20 bits per heavy atom. The Bertz CT molecular complexity index is 463. The maximum absolute atomic E-state index is 12.9. The highest BCUT2D eigenvalue weighted by molar-refractivity contribution is 7.86. The number of fused-ring (bicyclic) bond motifs is 1. The molecule has 2 heterocycles. The zero-order valence-electron chi connectivity index (χ0n) is 12.8. The molecule has 1 aliphatic carbocycles. The molecule has 0 amide bonds. The van der Waals surface area contributed by atoms with E-state index in [4.69, 9.17) is 0 Å². The zero-order chi connectivity index (χ0) is 14.5. The van der Waals surface area contributed by atoms with Crippen LogP contribution >= 0.6 is 0 Å². The van der Waals surface area contributed by atoms with Gasteiger partial charge in [0.15, 0.2) is 0 Å². The van der Waals surface area contributed by atoms with Gasteiger partial charge in [0.1, 0.15) is 0 Å². The Morgan fingerprint density at radius 3 is 2.55 bits per heavy atom. The van der Waals surface area contributed by atoms with Gasteiger partial charge in [-0.15, -0.1) is 0 Å². The average molecular weight is 301 g/mol. The second-order valence-electron chi connectivity index (χ2n) is 6.81. The van der Waals surface area contributed by atoms with E-state index in [1.54, 1.807) is 15.7 Å². The molecule has 6 heteroatoms. The smallest absolute Gasteiger partial charge is 0.282 e. The first kappa shape index (κ1) is 14.8. The van der Waals surface area contributed by atoms with E-state index in [9.17, 15) is 8.42 Å². The monoisotopic (exact) mass is 301 g/mol. The molecule has 0 bridgehead atoms. The number of hydrogen-bond donors (Lipinski definition) is 0. The lowest BCUT2D eigenvalue weighted by Gasteiger charge is -2.43. The van der Waals surface area contributed by atoms with Crippen LogP contribution in [0.5, 0.6) is 0 Å². The van der Waals surface area contributed by atoms with Gasteiger partial charge in [0.05, 0.1) is 0 Å². The molecule has 3 aliphatic rings. The maximum atomic E-state index is 12.9. The third kappa shape index (κ3) is 2.51. The molecular weight excluding hydrogens is 274 g/mol. The lowest BCUT2D eigenvalue weighted by molar-refractivity contribution is 0.110. The van der Waals surface area contributed by atoms with Gasteiger partial charge >= 0.3 is 0 Å². The molecule has 0 unspecified atom stereocenters. The summed E-state index contributed by atoms with van der Waals surface area (Å²) in [7, 11) is -1.56. The molecular formula is C14H27N3O2S. The highest BCUT2D eigenvalue weighted by Crippen LogP contribution is 2.36. The highest BCUT2D eigenvalue weighted by Gasteiger charge is 2.44. The van der Waals surface area contributed by atoms with Crippen LogP contribution in [-0.2, 0) is 10.2 Å². The van der Waals surface area contributed by atoms with Crippen LogP contribution in [0.3, 0.4) is 0 Å². The van der Waals surface area contributed by atoms with E-state index in [-0.39, 0.29) is 12.1 Å². The van der Waals surface area contributed by atoms with Gasteiger partial charge in [0, 0.05) is 38.3 Å². The van der Waals surface area contributed by atoms with E-state index in [0.717, 1.165) is 19.5 Å². The predicted octanol–water partition coefficient (Wildman–Crippen LogP) is 1.13. The van der Waals surface area contributed by atoms with Crippen molar-refractivity contribution in [1.29, 1.82) is 0 Å². The molecule has 0 spiro atoms. The Morgan fingerprint density at radius 2 is 1.90 bits per heavy atom. The van der Waals surface area contributed by atoms with Crippen LogP contribution in [-0.4, -0.2) is 66.7 Å². The second-order valence-corrected chi connectivity index (χ2v) is 8.75. The average Bonchev–Trinajstić information content (AvgIpc) is 3.15. The number of nitrogens with zero attached hydrogens (tertiary/aromatic N) is 3. The summed E-state index contributed by atoms with van der Waals surface area (Å²) in [6, 6.07) is 0.655. The highest BCUT2D eigenvalue weighted by atomic mass is 32.2. The predicted molar refractivity (Wildman–Crippen MR) is 79.6 cm³/mol. The van der Waals surface area contributed by atoms with Crippen molar-refractivity contribution in [2.24, 2.45) is 5.92 Å². The Balaban J connectivity index is 1.75. The lowest BCUT2D eigenvalue weighted by atomic mass is 10.1. The lowest BCUT2D eigenvalue weighted by Crippen LogP contribution is -2.60. The van der Waals surface area contributed by atoms with Crippen molar-refractivity contribution in [2.45, 2.75) is 57.7 Å². The van der Waals surface area contributed by atoms with Crippen molar-refractivity contribution in [1.82, 2.24) is 13.5 Å². The van der Waals surface area contributed by atoms with Gasteiger partial charge in [-0.1, -0.05) is 0 Å². The van der Waals surface area contributed by atoms with Crippen LogP contribution in [0.1, 0.15) is 39.5 Å². The van der Waals surface area contributed by atoms with E-state index in [2.05, 4.69) is 4.90 Å². The van der Waals surface area contributed by atoms with Crippen molar-refractivity contribution < 1.29 is 8.42 Å². The van der Waals surface area contributed by atoms with Gasteiger partial charge in [0.2, 0.25) is 0 Å². The van der Waals surface area contributed by atoms with Crippen LogP contribution in [0.25, 0.3) is 0 Å². The summed E-state index contributed by atoms with van der Waals surface area (Å²) in [5.74, 6) is 0.567. The molecule has 2 saturated heterocycles. The largest absolute Gasteiger partial charge is 0.297 e. The van der Waals surface area contributed by atoms with E-state index in [1.165, 1.54) is 19.3 Å². The molecule has 3 fully saturated rings. The quantitative estimate of drug-likeness (QED) is 0.782. The van der Waals surface area contributed by atoms with Gasteiger partial charge in [-0.2, -0.15) is 17.0 Å². The first-order valence-electron chi connectivity index (χ1n) is 7.90. The fraction of sp³-hybridized carbons (Fsp3) is 1.00. The van der Waals surface area contributed by atoms with Crippen molar-refractivity contribution in [3.05, 3.63) is 0 Å². The summed E-state index contributed by atoms with van der Waals surface area (Å²) in [4.78, 5) is 2.46. The minimum absolute atomic E-state index is 0.0863. The number of rotatable bonds is 4. The van der Waals surface area contributed by atoms with Crippen molar-refractivity contribution >= 4 is 10.2 Å². The summed E-state index contributed by atoms with van der Waals surface area (Å²) in [5.41, 5.74) is 0. The molecule has 116 valence electrons. The van der Waals surface area contributed by atoms with Crippen molar-refractivity contribution in [3.8, 4) is 0 Å². The first-order valence-corrected chi connectivity index (χ1v) is 9.30. The van der Waals surface area contributed by atoms with Gasteiger partial charge in [0.25, 0.3) is 10.2 Å². The van der Waals surface area contributed by atoms with Crippen LogP contribution in [0.4, 0.5) is 0 Å². The summed E-state index contributed by atoms with van der Waals surface area (Å²) >= 11 is 0. The third-order valence-corrected chi connectivity index (χ3v) is 7.58. The summed E-state index contributed by atoms with van der Waals surface area (Å²) in [6.45, 7) is 6.78. The molecule has 0 aromatic heterocycles.